The highest BCUT2D eigenvalue weighted by atomic mass is 16.5. The Balaban J connectivity index is 1.72. The summed E-state index contributed by atoms with van der Waals surface area (Å²) in [6, 6.07) is 13.3. The van der Waals surface area contributed by atoms with E-state index in [9.17, 15) is 19.8 Å². The molecule has 3 N–H and O–H groups in total. The van der Waals surface area contributed by atoms with Gasteiger partial charge in [-0.15, -0.1) is 0 Å². The smallest absolute Gasteiger partial charge is 0.330 e. The minimum atomic E-state index is -1.18. The molecule has 0 fully saturated rings. The lowest BCUT2D eigenvalue weighted by Gasteiger charge is -2.12. The summed E-state index contributed by atoms with van der Waals surface area (Å²) >= 11 is 0. The largest absolute Gasteiger partial charge is 0.493 e. The predicted molar refractivity (Wildman–Crippen MR) is 126 cm³/mol. The minimum absolute atomic E-state index is 0.109. The molecule has 4 aromatic rings. The van der Waals surface area contributed by atoms with E-state index >= 15 is 0 Å². The third-order valence-corrected chi connectivity index (χ3v) is 5.55. The second-order valence-electron chi connectivity index (χ2n) is 8.01. The van der Waals surface area contributed by atoms with Gasteiger partial charge in [0.2, 0.25) is 0 Å². The third kappa shape index (κ3) is 4.45. The van der Waals surface area contributed by atoms with Crippen LogP contribution in [0, 0.1) is 6.92 Å². The molecule has 2 heterocycles. The standard InChI is InChI=1S/C24H26N4O6/c1-14-4-6-15(7-5-14)13-34-18-9-8-16(10-19(18)33-3)21-25-22-20(27(21)2)23(31)26-24(32)28(22)11-17(30)12-29/h4-10,17,29-30H,11-13H2,1-3H3,(H,26,31,32). The van der Waals surface area contributed by atoms with Crippen LogP contribution in [0.15, 0.2) is 52.1 Å². The fourth-order valence-corrected chi connectivity index (χ4v) is 3.71. The molecule has 1 atom stereocenters. The lowest BCUT2D eigenvalue weighted by Crippen LogP contribution is -2.35. The van der Waals surface area contributed by atoms with Gasteiger partial charge in [0.1, 0.15) is 12.4 Å². The summed E-state index contributed by atoms with van der Waals surface area (Å²) in [6.45, 7) is 1.65. The van der Waals surface area contributed by atoms with Gasteiger partial charge >= 0.3 is 5.69 Å². The molecule has 0 spiro atoms. The topological polar surface area (TPSA) is 132 Å². The lowest BCUT2D eigenvalue weighted by molar-refractivity contribution is 0.0810. The second kappa shape index (κ2) is 9.54. The zero-order valence-electron chi connectivity index (χ0n) is 19.1. The van der Waals surface area contributed by atoms with Crippen LogP contribution < -0.4 is 20.7 Å². The number of fused-ring (bicyclic) bond motifs is 1. The van der Waals surface area contributed by atoms with E-state index in [-0.39, 0.29) is 17.7 Å². The van der Waals surface area contributed by atoms with E-state index in [1.807, 2.05) is 31.2 Å². The van der Waals surface area contributed by atoms with Gasteiger partial charge in [-0.05, 0) is 30.7 Å². The average Bonchev–Trinajstić information content (AvgIpc) is 3.18. The molecule has 0 aliphatic carbocycles. The molecule has 178 valence electrons. The Labute approximate surface area is 194 Å². The maximum absolute atomic E-state index is 12.5. The molecule has 10 heteroatoms. The van der Waals surface area contributed by atoms with Crippen molar-refractivity contribution >= 4 is 11.2 Å². The Kier molecular flexibility index (Phi) is 6.53. The number of hydrogen-bond donors (Lipinski definition) is 3. The van der Waals surface area contributed by atoms with E-state index in [4.69, 9.17) is 9.47 Å². The van der Waals surface area contributed by atoms with Crippen LogP contribution in [0.4, 0.5) is 0 Å². The number of nitrogens with zero attached hydrogens (tertiary/aromatic N) is 3. The molecule has 0 radical (unpaired) electrons. The molecule has 0 saturated heterocycles. The second-order valence-corrected chi connectivity index (χ2v) is 8.01. The molecule has 0 bridgehead atoms. The minimum Gasteiger partial charge on any atom is -0.493 e. The molecular formula is C24H26N4O6. The zero-order chi connectivity index (χ0) is 24.4. The van der Waals surface area contributed by atoms with Crippen LogP contribution in [0.2, 0.25) is 0 Å². The highest BCUT2D eigenvalue weighted by Crippen LogP contribution is 2.33. The van der Waals surface area contributed by atoms with Crippen molar-refractivity contribution < 1.29 is 19.7 Å². The van der Waals surface area contributed by atoms with Crippen molar-refractivity contribution in [2.75, 3.05) is 13.7 Å². The molecule has 2 aromatic carbocycles. The summed E-state index contributed by atoms with van der Waals surface area (Å²) in [5, 5.41) is 19.0. The van der Waals surface area contributed by atoms with Crippen LogP contribution in [0.1, 0.15) is 11.1 Å². The van der Waals surface area contributed by atoms with Crippen LogP contribution in [-0.2, 0) is 20.2 Å². The van der Waals surface area contributed by atoms with Gasteiger partial charge in [0.15, 0.2) is 22.7 Å². The number of aromatic nitrogens is 4. The number of methoxy groups -OCH3 is 1. The van der Waals surface area contributed by atoms with Crippen molar-refractivity contribution in [2.45, 2.75) is 26.2 Å². The predicted octanol–water partition coefficient (Wildman–Crippen LogP) is 1.34. The fourth-order valence-electron chi connectivity index (χ4n) is 3.71. The SMILES string of the molecule is COc1cc(-c2nc3c(c(=O)[nH]c(=O)n3CC(O)CO)n2C)ccc1OCc1ccc(C)cc1. The van der Waals surface area contributed by atoms with E-state index in [0.717, 1.165) is 10.1 Å². The van der Waals surface area contributed by atoms with Gasteiger partial charge in [0, 0.05) is 12.6 Å². The first-order valence-electron chi connectivity index (χ1n) is 10.7. The Morgan fingerprint density at radius 3 is 2.53 bits per heavy atom. The van der Waals surface area contributed by atoms with Crippen molar-refractivity contribution in [2.24, 2.45) is 7.05 Å². The Hall–Kier alpha value is -3.89. The van der Waals surface area contributed by atoms with E-state index in [2.05, 4.69) is 9.97 Å². The number of aryl methyl sites for hydroxylation is 2. The number of benzene rings is 2. The van der Waals surface area contributed by atoms with Crippen LogP contribution in [-0.4, -0.2) is 49.1 Å². The summed E-state index contributed by atoms with van der Waals surface area (Å²) in [5.74, 6) is 1.45. The monoisotopic (exact) mass is 466 g/mol. The van der Waals surface area contributed by atoms with Gasteiger partial charge in [-0.1, -0.05) is 29.8 Å². The number of hydrogen-bond acceptors (Lipinski definition) is 7. The van der Waals surface area contributed by atoms with Crippen LogP contribution >= 0.6 is 0 Å². The first-order valence-corrected chi connectivity index (χ1v) is 10.7. The maximum Gasteiger partial charge on any atom is 0.330 e. The van der Waals surface area contributed by atoms with Crippen molar-refractivity contribution in [3.63, 3.8) is 0 Å². The van der Waals surface area contributed by atoms with Crippen LogP contribution in [0.25, 0.3) is 22.6 Å². The van der Waals surface area contributed by atoms with Crippen molar-refractivity contribution in [1.29, 1.82) is 0 Å². The number of aliphatic hydroxyl groups excluding tert-OH is 2. The van der Waals surface area contributed by atoms with Gasteiger partial charge in [0.05, 0.1) is 26.4 Å². The molecular weight excluding hydrogens is 440 g/mol. The van der Waals surface area contributed by atoms with Gasteiger partial charge in [0.25, 0.3) is 5.56 Å². The third-order valence-electron chi connectivity index (χ3n) is 5.55. The molecule has 0 aliphatic heterocycles. The van der Waals surface area contributed by atoms with Crippen molar-refractivity contribution in [3.05, 3.63) is 74.4 Å². The molecule has 0 saturated carbocycles. The van der Waals surface area contributed by atoms with E-state index in [1.54, 1.807) is 29.8 Å². The maximum atomic E-state index is 12.5. The Morgan fingerprint density at radius 1 is 1.12 bits per heavy atom. The molecule has 0 aliphatic rings. The molecule has 34 heavy (non-hydrogen) atoms. The first kappa shape index (κ1) is 23.3. The molecule has 2 aromatic heterocycles. The number of H-pyrrole nitrogens is 1. The summed E-state index contributed by atoms with van der Waals surface area (Å²) < 4.78 is 14.2. The molecule has 0 amide bonds. The lowest BCUT2D eigenvalue weighted by atomic mass is 10.1. The van der Waals surface area contributed by atoms with Gasteiger partial charge in [-0.2, -0.15) is 0 Å². The van der Waals surface area contributed by atoms with Crippen LogP contribution in [0.5, 0.6) is 11.5 Å². The summed E-state index contributed by atoms with van der Waals surface area (Å²) in [5.41, 5.74) is 1.79. The zero-order valence-corrected chi connectivity index (χ0v) is 19.1. The van der Waals surface area contributed by atoms with Gasteiger partial charge in [-0.3, -0.25) is 14.3 Å². The summed E-state index contributed by atoms with van der Waals surface area (Å²) in [7, 11) is 3.19. The number of nitrogens with one attached hydrogen (secondary N) is 1. The summed E-state index contributed by atoms with van der Waals surface area (Å²) in [6.07, 6.45) is -1.18. The normalized spacial score (nSPS) is 12.1. The Morgan fingerprint density at radius 2 is 1.85 bits per heavy atom. The van der Waals surface area contributed by atoms with Crippen LogP contribution in [0.3, 0.4) is 0 Å². The van der Waals surface area contributed by atoms with Gasteiger partial charge < -0.3 is 24.3 Å². The van der Waals surface area contributed by atoms with Crippen molar-refractivity contribution in [3.8, 4) is 22.9 Å². The molecule has 10 nitrogen and oxygen atoms in total. The summed E-state index contributed by atoms with van der Waals surface area (Å²) in [4.78, 5) is 31.6. The number of aliphatic hydroxyl groups is 2. The van der Waals surface area contributed by atoms with E-state index < -0.39 is 24.0 Å². The van der Waals surface area contributed by atoms with E-state index in [0.29, 0.717) is 29.5 Å². The number of rotatable bonds is 8. The van der Waals surface area contributed by atoms with E-state index in [1.165, 1.54) is 12.7 Å². The number of imidazole rings is 1. The number of ether oxygens (including phenoxy) is 2. The highest BCUT2D eigenvalue weighted by Gasteiger charge is 2.20. The van der Waals surface area contributed by atoms with Gasteiger partial charge in [-0.25, -0.2) is 9.78 Å². The Bertz CT molecular complexity index is 1440. The van der Waals surface area contributed by atoms with Crippen molar-refractivity contribution in [1.82, 2.24) is 19.1 Å². The first-order chi connectivity index (χ1) is 16.3. The average molecular weight is 466 g/mol. The molecule has 1 unspecified atom stereocenters. The molecule has 4 rings (SSSR count). The fraction of sp³-hybridized carbons (Fsp3) is 0.292. The highest BCUT2D eigenvalue weighted by molar-refractivity contribution is 5.77. The number of aromatic amines is 1. The quantitative estimate of drug-likeness (QED) is 0.357.